The van der Waals surface area contributed by atoms with Gasteiger partial charge in [0.15, 0.2) is 0 Å². The minimum atomic E-state index is -0.991. The highest BCUT2D eigenvalue weighted by Gasteiger charge is 2.20. The van der Waals surface area contributed by atoms with Crippen LogP contribution < -0.4 is 11.5 Å². The largest absolute Gasteiger partial charge is 0.508 e. The molecule has 1 heterocycles. The van der Waals surface area contributed by atoms with Gasteiger partial charge in [0.2, 0.25) is 5.91 Å². The first-order valence-electron chi connectivity index (χ1n) is 6.98. The van der Waals surface area contributed by atoms with Crippen molar-refractivity contribution in [1.29, 1.82) is 0 Å². The Kier molecular flexibility index (Phi) is 4.79. The van der Waals surface area contributed by atoms with Crippen LogP contribution in [0.1, 0.15) is 23.2 Å². The number of benzene rings is 1. The number of hydrogen-bond donors (Lipinski definition) is 4. The van der Waals surface area contributed by atoms with Gasteiger partial charge in [-0.2, -0.15) is 0 Å². The number of carbonyl (C=O) groups is 2. The number of rotatable bonds is 6. The number of fused-ring (bicyclic) bond motifs is 1. The Morgan fingerprint density at radius 1 is 1.32 bits per heavy atom. The first kappa shape index (κ1) is 16.0. The lowest BCUT2D eigenvalue weighted by atomic mass is 10.1. The molecule has 0 fully saturated rings. The van der Waals surface area contributed by atoms with Crippen LogP contribution in [0.5, 0.6) is 5.75 Å². The van der Waals surface area contributed by atoms with Crippen molar-refractivity contribution in [2.45, 2.75) is 25.3 Å². The molecule has 118 valence electrons. The molecule has 0 spiro atoms. The number of carbonyl (C=O) groups excluding carboxylic acids is 1. The number of hydrogen-bond acceptors (Lipinski definition) is 5. The van der Waals surface area contributed by atoms with Gasteiger partial charge in [0, 0.05) is 18.0 Å². The van der Waals surface area contributed by atoms with E-state index in [2.05, 4.69) is 0 Å². The minimum absolute atomic E-state index is 0.0676. The molecule has 1 atom stereocenters. The summed E-state index contributed by atoms with van der Waals surface area (Å²) in [6.45, 7) is 0.411. The fourth-order valence-electron chi connectivity index (χ4n) is 2.40. The van der Waals surface area contributed by atoms with Gasteiger partial charge in [-0.15, -0.1) is 0 Å². The SMILES string of the molecule is NCCc1cn(C(=O)[C@@H](N)CCC(=O)O)c2ccc(O)cc12. The second kappa shape index (κ2) is 6.59. The summed E-state index contributed by atoms with van der Waals surface area (Å²) in [4.78, 5) is 23.0. The molecule has 0 saturated carbocycles. The average Bonchev–Trinajstić information content (AvgIpc) is 2.82. The third-order valence-electron chi connectivity index (χ3n) is 3.51. The van der Waals surface area contributed by atoms with E-state index in [0.29, 0.717) is 18.5 Å². The first-order chi connectivity index (χ1) is 10.4. The van der Waals surface area contributed by atoms with E-state index >= 15 is 0 Å². The number of nitrogens with zero attached hydrogens (tertiary/aromatic N) is 1. The van der Waals surface area contributed by atoms with Crippen molar-refractivity contribution in [1.82, 2.24) is 4.57 Å². The maximum absolute atomic E-state index is 12.4. The molecule has 0 aliphatic carbocycles. The monoisotopic (exact) mass is 305 g/mol. The number of phenols is 1. The molecule has 7 heteroatoms. The summed E-state index contributed by atoms with van der Waals surface area (Å²) in [5, 5.41) is 19.0. The lowest BCUT2D eigenvalue weighted by Crippen LogP contribution is -2.34. The highest BCUT2D eigenvalue weighted by Crippen LogP contribution is 2.26. The van der Waals surface area contributed by atoms with E-state index in [4.69, 9.17) is 16.6 Å². The molecule has 0 aliphatic heterocycles. The fourth-order valence-corrected chi connectivity index (χ4v) is 2.40. The van der Waals surface area contributed by atoms with Gasteiger partial charge in [-0.1, -0.05) is 0 Å². The Labute approximate surface area is 127 Å². The van der Waals surface area contributed by atoms with Crippen molar-refractivity contribution in [2.24, 2.45) is 11.5 Å². The molecule has 0 aliphatic rings. The van der Waals surface area contributed by atoms with Gasteiger partial charge in [-0.3, -0.25) is 14.2 Å². The van der Waals surface area contributed by atoms with E-state index in [9.17, 15) is 14.7 Å². The summed E-state index contributed by atoms with van der Waals surface area (Å²) in [5.41, 5.74) is 12.8. The highest BCUT2D eigenvalue weighted by atomic mass is 16.4. The standard InChI is InChI=1S/C15H19N3O4/c16-6-5-9-8-18(13-3-1-10(19)7-11(9)13)15(22)12(17)2-4-14(20)21/h1,3,7-8,12,19H,2,4-6,16-17H2,(H,20,21)/t12-/m0/s1. The number of aromatic hydroxyl groups is 1. The summed E-state index contributed by atoms with van der Waals surface area (Å²) in [7, 11) is 0. The predicted octanol–water partition coefficient (Wildman–Crippen LogP) is 0.680. The number of phenolic OH excluding ortho intramolecular Hbond substituents is 1. The Balaban J connectivity index is 2.38. The van der Waals surface area contributed by atoms with Crippen LogP contribution in [0.25, 0.3) is 10.9 Å². The molecule has 1 aromatic carbocycles. The molecular formula is C15H19N3O4. The maximum Gasteiger partial charge on any atom is 0.303 e. The normalized spacial score (nSPS) is 12.5. The quantitative estimate of drug-likeness (QED) is 0.620. The van der Waals surface area contributed by atoms with Gasteiger partial charge < -0.3 is 21.7 Å². The maximum atomic E-state index is 12.4. The summed E-state index contributed by atoms with van der Waals surface area (Å²) in [6, 6.07) is 3.80. The summed E-state index contributed by atoms with van der Waals surface area (Å²) in [6.07, 6.45) is 2.12. The van der Waals surface area contributed by atoms with Crippen molar-refractivity contribution in [3.05, 3.63) is 30.0 Å². The topological polar surface area (TPSA) is 132 Å². The minimum Gasteiger partial charge on any atom is -0.508 e. The molecule has 2 rings (SSSR count). The molecule has 6 N–H and O–H groups in total. The van der Waals surface area contributed by atoms with Crippen molar-refractivity contribution in [3.8, 4) is 5.75 Å². The zero-order valence-electron chi connectivity index (χ0n) is 12.0. The van der Waals surface area contributed by atoms with Crippen LogP contribution in [-0.4, -0.2) is 39.2 Å². The second-order valence-corrected chi connectivity index (χ2v) is 5.14. The molecule has 0 unspecified atom stereocenters. The van der Waals surface area contributed by atoms with Gasteiger partial charge in [0.05, 0.1) is 11.6 Å². The molecule has 0 amide bonds. The highest BCUT2D eigenvalue weighted by molar-refractivity contribution is 5.97. The first-order valence-corrected chi connectivity index (χ1v) is 6.98. The fraction of sp³-hybridized carbons (Fsp3) is 0.333. The van der Waals surface area contributed by atoms with E-state index in [1.54, 1.807) is 18.3 Å². The van der Waals surface area contributed by atoms with Gasteiger partial charge in [-0.25, -0.2) is 0 Å². The number of carboxylic acid groups (broad SMARTS) is 1. The Hall–Kier alpha value is -2.38. The van der Waals surface area contributed by atoms with Crippen LogP contribution in [0.15, 0.2) is 24.4 Å². The Morgan fingerprint density at radius 2 is 2.05 bits per heavy atom. The number of aromatic nitrogens is 1. The Morgan fingerprint density at radius 3 is 2.68 bits per heavy atom. The van der Waals surface area contributed by atoms with Crippen molar-refractivity contribution >= 4 is 22.8 Å². The zero-order chi connectivity index (χ0) is 16.3. The van der Waals surface area contributed by atoms with Crippen LogP contribution in [0.2, 0.25) is 0 Å². The van der Waals surface area contributed by atoms with Crippen LogP contribution in [0.3, 0.4) is 0 Å². The summed E-state index contributed by atoms with van der Waals surface area (Å²) in [5.74, 6) is -1.26. The third-order valence-corrected chi connectivity index (χ3v) is 3.51. The lowest BCUT2D eigenvalue weighted by Gasteiger charge is -2.11. The van der Waals surface area contributed by atoms with E-state index < -0.39 is 12.0 Å². The van der Waals surface area contributed by atoms with Gasteiger partial charge in [0.25, 0.3) is 0 Å². The van der Waals surface area contributed by atoms with Crippen LogP contribution in [0.4, 0.5) is 0 Å². The van der Waals surface area contributed by atoms with Gasteiger partial charge >= 0.3 is 5.97 Å². The molecule has 0 bridgehead atoms. The van der Waals surface area contributed by atoms with Crippen molar-refractivity contribution < 1.29 is 19.8 Å². The molecule has 0 saturated heterocycles. The lowest BCUT2D eigenvalue weighted by molar-refractivity contribution is -0.137. The second-order valence-electron chi connectivity index (χ2n) is 5.14. The molecule has 7 nitrogen and oxygen atoms in total. The number of carboxylic acids is 1. The zero-order valence-corrected chi connectivity index (χ0v) is 12.0. The molecular weight excluding hydrogens is 286 g/mol. The molecule has 0 radical (unpaired) electrons. The summed E-state index contributed by atoms with van der Waals surface area (Å²) < 4.78 is 1.41. The Bertz CT molecular complexity index is 708. The number of nitrogens with two attached hydrogens (primary N) is 2. The van der Waals surface area contributed by atoms with Crippen molar-refractivity contribution in [3.63, 3.8) is 0 Å². The van der Waals surface area contributed by atoms with Crippen LogP contribution >= 0.6 is 0 Å². The van der Waals surface area contributed by atoms with Gasteiger partial charge in [-0.05, 0) is 43.1 Å². The van der Waals surface area contributed by atoms with E-state index in [0.717, 1.165) is 10.9 Å². The molecule has 22 heavy (non-hydrogen) atoms. The molecule has 2 aromatic rings. The molecule has 1 aromatic heterocycles. The van der Waals surface area contributed by atoms with Crippen LogP contribution in [0, 0.1) is 0 Å². The van der Waals surface area contributed by atoms with E-state index in [1.807, 2.05) is 0 Å². The van der Waals surface area contributed by atoms with Gasteiger partial charge in [0.1, 0.15) is 5.75 Å². The predicted molar refractivity (Wildman–Crippen MR) is 81.8 cm³/mol. The van der Waals surface area contributed by atoms with E-state index in [1.165, 1.54) is 10.6 Å². The third kappa shape index (κ3) is 3.26. The smallest absolute Gasteiger partial charge is 0.303 e. The van der Waals surface area contributed by atoms with E-state index in [-0.39, 0.29) is 24.5 Å². The summed E-state index contributed by atoms with van der Waals surface area (Å²) >= 11 is 0. The number of aliphatic carboxylic acids is 1. The average molecular weight is 305 g/mol. The van der Waals surface area contributed by atoms with Crippen molar-refractivity contribution in [2.75, 3.05) is 6.54 Å². The van der Waals surface area contributed by atoms with Crippen LogP contribution in [-0.2, 0) is 11.2 Å².